The molecule has 22 heavy (non-hydrogen) atoms. The number of aromatic amines is 1. The van der Waals surface area contributed by atoms with Crippen molar-refractivity contribution < 1.29 is 13.9 Å². The number of halogens is 1. The zero-order chi connectivity index (χ0) is 15.3. The molecule has 2 aromatic heterocycles. The van der Waals surface area contributed by atoms with Crippen LogP contribution < -0.4 is 5.73 Å². The van der Waals surface area contributed by atoms with Crippen LogP contribution in [0.4, 0.5) is 4.39 Å². The fraction of sp³-hybridized carbons (Fsp3) is 0.333. The molecule has 1 aliphatic heterocycles. The molecule has 1 aliphatic rings. The highest BCUT2D eigenvalue weighted by Crippen LogP contribution is 2.32. The number of carbonyl (C=O) groups is 1. The summed E-state index contributed by atoms with van der Waals surface area (Å²) >= 11 is 0. The number of primary amides is 1. The minimum Gasteiger partial charge on any atom is -0.381 e. The van der Waals surface area contributed by atoms with E-state index < -0.39 is 11.7 Å². The van der Waals surface area contributed by atoms with E-state index in [1.165, 1.54) is 6.07 Å². The molecule has 6 nitrogen and oxygen atoms in total. The summed E-state index contributed by atoms with van der Waals surface area (Å²) in [5, 5.41) is 4.37. The van der Waals surface area contributed by atoms with E-state index in [1.807, 2.05) is 0 Å². The number of carbonyl (C=O) groups excluding carboxylic acids is 1. The van der Waals surface area contributed by atoms with Gasteiger partial charge < -0.3 is 15.5 Å². The third kappa shape index (κ3) is 1.89. The summed E-state index contributed by atoms with van der Waals surface area (Å²) in [5.41, 5.74) is 8.39. The van der Waals surface area contributed by atoms with Crippen molar-refractivity contribution in [2.24, 2.45) is 5.73 Å². The van der Waals surface area contributed by atoms with Crippen molar-refractivity contribution in [1.29, 1.82) is 0 Å². The Kier molecular flexibility index (Phi) is 2.90. The molecule has 114 valence electrons. The highest BCUT2D eigenvalue weighted by molar-refractivity contribution is 6.05. The van der Waals surface area contributed by atoms with Crippen LogP contribution in [0.2, 0.25) is 0 Å². The lowest BCUT2D eigenvalue weighted by Gasteiger charge is -2.20. The number of hydrogen-bond donors (Lipinski definition) is 2. The van der Waals surface area contributed by atoms with Crippen LogP contribution in [0, 0.1) is 5.82 Å². The Balaban J connectivity index is 1.96. The van der Waals surface area contributed by atoms with Crippen molar-refractivity contribution in [3.8, 4) is 0 Å². The molecule has 4 rings (SSSR count). The number of nitrogens with zero attached hydrogens (tertiary/aromatic N) is 2. The van der Waals surface area contributed by atoms with Gasteiger partial charge in [0, 0.05) is 18.8 Å². The van der Waals surface area contributed by atoms with Gasteiger partial charge in [0.2, 0.25) is 0 Å². The maximum absolute atomic E-state index is 13.7. The Morgan fingerprint density at radius 3 is 2.91 bits per heavy atom. The minimum absolute atomic E-state index is 0.128. The SMILES string of the molecule is NC(=O)c1cc(F)cc2[nH]c3c(C4CCOCC4)cnn3c12. The van der Waals surface area contributed by atoms with E-state index in [0.717, 1.165) is 43.3 Å². The van der Waals surface area contributed by atoms with Gasteiger partial charge in [0.1, 0.15) is 17.0 Å². The number of nitrogens with two attached hydrogens (primary N) is 1. The molecule has 0 spiro atoms. The molecule has 0 bridgehead atoms. The number of fused-ring (bicyclic) bond motifs is 3. The van der Waals surface area contributed by atoms with Crippen LogP contribution in [0.15, 0.2) is 18.3 Å². The molecule has 1 fully saturated rings. The highest BCUT2D eigenvalue weighted by atomic mass is 19.1. The lowest BCUT2D eigenvalue weighted by atomic mass is 9.94. The first-order valence-electron chi connectivity index (χ1n) is 7.21. The van der Waals surface area contributed by atoms with E-state index in [0.29, 0.717) is 17.0 Å². The summed E-state index contributed by atoms with van der Waals surface area (Å²) in [5.74, 6) is -0.826. The molecular formula is C15H15FN4O2. The monoisotopic (exact) mass is 302 g/mol. The van der Waals surface area contributed by atoms with Crippen molar-refractivity contribution in [2.75, 3.05) is 13.2 Å². The van der Waals surface area contributed by atoms with E-state index in [-0.39, 0.29) is 5.56 Å². The van der Waals surface area contributed by atoms with Gasteiger partial charge in [-0.05, 0) is 30.9 Å². The van der Waals surface area contributed by atoms with E-state index in [4.69, 9.17) is 10.5 Å². The van der Waals surface area contributed by atoms with Gasteiger partial charge in [0.25, 0.3) is 5.91 Å². The largest absolute Gasteiger partial charge is 0.381 e. The average Bonchev–Trinajstić information content (AvgIpc) is 3.05. The number of H-pyrrole nitrogens is 1. The Morgan fingerprint density at radius 1 is 1.41 bits per heavy atom. The molecule has 3 heterocycles. The first-order chi connectivity index (χ1) is 10.6. The van der Waals surface area contributed by atoms with Crippen LogP contribution in [0.3, 0.4) is 0 Å². The van der Waals surface area contributed by atoms with Crippen molar-refractivity contribution in [3.63, 3.8) is 0 Å². The summed E-state index contributed by atoms with van der Waals surface area (Å²) in [7, 11) is 0. The van der Waals surface area contributed by atoms with Gasteiger partial charge >= 0.3 is 0 Å². The molecule has 0 saturated carbocycles. The lowest BCUT2D eigenvalue weighted by Crippen LogP contribution is -2.13. The maximum atomic E-state index is 13.7. The predicted molar refractivity (Wildman–Crippen MR) is 78.3 cm³/mol. The number of rotatable bonds is 2. The first kappa shape index (κ1) is 13.3. The van der Waals surface area contributed by atoms with Gasteiger partial charge in [-0.3, -0.25) is 4.79 Å². The number of aromatic nitrogens is 3. The van der Waals surface area contributed by atoms with E-state index in [1.54, 1.807) is 10.7 Å². The molecule has 3 N–H and O–H groups in total. The lowest BCUT2D eigenvalue weighted by molar-refractivity contribution is 0.0855. The second-order valence-electron chi connectivity index (χ2n) is 5.59. The van der Waals surface area contributed by atoms with Crippen LogP contribution in [-0.2, 0) is 4.74 Å². The number of imidazole rings is 1. The fourth-order valence-corrected chi connectivity index (χ4v) is 3.20. The molecule has 1 aromatic carbocycles. The molecule has 0 atom stereocenters. The Morgan fingerprint density at radius 2 is 2.18 bits per heavy atom. The smallest absolute Gasteiger partial charge is 0.251 e. The normalized spacial score (nSPS) is 16.6. The Labute approximate surface area is 125 Å². The van der Waals surface area contributed by atoms with Crippen LogP contribution in [0.25, 0.3) is 16.7 Å². The molecule has 7 heteroatoms. The van der Waals surface area contributed by atoms with Gasteiger partial charge in [0.15, 0.2) is 0 Å². The molecule has 0 aliphatic carbocycles. The molecule has 1 amide bonds. The third-order valence-electron chi connectivity index (χ3n) is 4.26. The predicted octanol–water partition coefficient (Wildman–Crippen LogP) is 1.95. The Bertz CT molecular complexity index is 877. The number of hydrogen-bond acceptors (Lipinski definition) is 3. The van der Waals surface area contributed by atoms with Gasteiger partial charge in [-0.15, -0.1) is 0 Å². The minimum atomic E-state index is -0.673. The molecule has 0 radical (unpaired) electrons. The standard InChI is InChI=1S/C15H15FN4O2/c16-9-5-10(14(17)21)13-12(6-9)19-15-11(7-18-20(13)15)8-1-3-22-4-2-8/h5-8,19H,1-4H2,(H2,17,21). The second-order valence-corrected chi connectivity index (χ2v) is 5.59. The van der Waals surface area contributed by atoms with E-state index >= 15 is 0 Å². The Hall–Kier alpha value is -2.41. The molecule has 3 aromatic rings. The van der Waals surface area contributed by atoms with Crippen LogP contribution in [-0.4, -0.2) is 33.7 Å². The number of ether oxygens (including phenoxy) is 1. The van der Waals surface area contributed by atoms with Crippen LogP contribution in [0.1, 0.15) is 34.7 Å². The topological polar surface area (TPSA) is 85.4 Å². The van der Waals surface area contributed by atoms with Gasteiger partial charge in [-0.25, -0.2) is 8.91 Å². The van der Waals surface area contributed by atoms with Gasteiger partial charge in [-0.2, -0.15) is 5.10 Å². The van der Waals surface area contributed by atoms with Gasteiger partial charge in [0.05, 0.1) is 17.3 Å². The highest BCUT2D eigenvalue weighted by Gasteiger charge is 2.23. The summed E-state index contributed by atoms with van der Waals surface area (Å²) in [6, 6.07) is 2.50. The van der Waals surface area contributed by atoms with Crippen LogP contribution >= 0.6 is 0 Å². The van der Waals surface area contributed by atoms with E-state index in [9.17, 15) is 9.18 Å². The second kappa shape index (κ2) is 4.81. The third-order valence-corrected chi connectivity index (χ3v) is 4.26. The summed E-state index contributed by atoms with van der Waals surface area (Å²) in [6.45, 7) is 1.45. The number of benzene rings is 1. The zero-order valence-corrected chi connectivity index (χ0v) is 11.8. The quantitative estimate of drug-likeness (QED) is 0.758. The number of nitrogens with one attached hydrogen (secondary N) is 1. The summed E-state index contributed by atoms with van der Waals surface area (Å²) in [6.07, 6.45) is 3.65. The fourth-order valence-electron chi connectivity index (χ4n) is 3.20. The summed E-state index contributed by atoms with van der Waals surface area (Å²) in [4.78, 5) is 14.8. The van der Waals surface area contributed by atoms with Crippen LogP contribution in [0.5, 0.6) is 0 Å². The average molecular weight is 302 g/mol. The number of amides is 1. The van der Waals surface area contributed by atoms with Crippen molar-refractivity contribution in [1.82, 2.24) is 14.6 Å². The van der Waals surface area contributed by atoms with E-state index in [2.05, 4.69) is 10.1 Å². The summed E-state index contributed by atoms with van der Waals surface area (Å²) < 4.78 is 20.7. The van der Waals surface area contributed by atoms with Crippen molar-refractivity contribution in [3.05, 3.63) is 35.3 Å². The molecule has 0 unspecified atom stereocenters. The molecule has 1 saturated heterocycles. The zero-order valence-electron chi connectivity index (χ0n) is 11.8. The van der Waals surface area contributed by atoms with Crippen molar-refractivity contribution >= 4 is 22.6 Å². The first-order valence-corrected chi connectivity index (χ1v) is 7.21. The van der Waals surface area contributed by atoms with Gasteiger partial charge in [-0.1, -0.05) is 0 Å². The molecular weight excluding hydrogens is 287 g/mol. The van der Waals surface area contributed by atoms with Crippen molar-refractivity contribution in [2.45, 2.75) is 18.8 Å². The maximum Gasteiger partial charge on any atom is 0.251 e.